The quantitative estimate of drug-likeness (QED) is 0.249. The van der Waals surface area contributed by atoms with Crippen molar-refractivity contribution >= 4 is 0 Å². The first kappa shape index (κ1) is 16.4. The molecule has 0 amide bonds. The van der Waals surface area contributed by atoms with Crippen LogP contribution in [0.1, 0.15) is 125 Å². The maximum atomic E-state index is 8.02. The number of halogens is 1. The maximum absolute atomic E-state index is 8.02. The van der Waals surface area contributed by atoms with E-state index in [0.717, 1.165) is 25.7 Å². The van der Waals surface area contributed by atoms with Crippen molar-refractivity contribution < 1.29 is 25.1 Å². The molecule has 0 bridgehead atoms. The molecule has 148 valence electrons. The Bertz CT molecular complexity index is 349. The molecule has 0 heterocycles. The Balaban J connectivity index is 0. The summed E-state index contributed by atoms with van der Waals surface area (Å²) >= 11 is 0. The second-order valence-corrected chi connectivity index (χ2v) is 7.36. The summed E-state index contributed by atoms with van der Waals surface area (Å²) in [5, 5.41) is 0. The minimum absolute atomic E-state index is 0. The molecule has 0 aliphatic rings. The van der Waals surface area contributed by atoms with Gasteiger partial charge >= 0.3 is 0 Å². The van der Waals surface area contributed by atoms with Crippen LogP contribution in [0.2, 0.25) is 0 Å². The topological polar surface area (TPSA) is 0 Å². The molecule has 0 radical (unpaired) electrons. The number of quaternary nitrogens is 1. The fourth-order valence-electron chi connectivity index (χ4n) is 3.14. The smallest absolute Gasteiger partial charge is 0.0886 e. The lowest BCUT2D eigenvalue weighted by atomic mass is 10.1. The lowest BCUT2D eigenvalue weighted by molar-refractivity contribution is -0.890. The summed E-state index contributed by atoms with van der Waals surface area (Å²) in [7, 11) is 0. The third-order valence-electron chi connectivity index (χ3n) is 4.79. The molecule has 0 rings (SSSR count). The summed E-state index contributed by atoms with van der Waals surface area (Å²) in [4.78, 5) is 0. The van der Waals surface area contributed by atoms with Gasteiger partial charge in [0, 0.05) is 0 Å². The van der Waals surface area contributed by atoms with Crippen molar-refractivity contribution in [2.75, 3.05) is 27.0 Å². The number of hydrogen-bond donors (Lipinski definition) is 0. The normalized spacial score (nSPS) is 16.2. The number of nitrogens with zero attached hydrogens (tertiary/aromatic N) is 1. The van der Waals surface area contributed by atoms with Crippen LogP contribution in [0.15, 0.2) is 0 Å². The highest BCUT2D eigenvalue weighted by molar-refractivity contribution is 4.48. The summed E-state index contributed by atoms with van der Waals surface area (Å²) in [6.07, 6.45) is 17.7. The van der Waals surface area contributed by atoms with E-state index in [4.69, 9.17) is 8.22 Å². The zero-order valence-electron chi connectivity index (χ0n) is 22.6. The van der Waals surface area contributed by atoms with E-state index in [0.29, 0.717) is 12.8 Å². The van der Waals surface area contributed by atoms with Crippen LogP contribution < -0.4 is 12.4 Å². The molecule has 0 atom stereocenters. The molecule has 0 fully saturated rings. The molecule has 24 heavy (non-hydrogen) atoms. The van der Waals surface area contributed by atoms with Gasteiger partial charge in [0.25, 0.3) is 0 Å². The highest BCUT2D eigenvalue weighted by Gasteiger charge is 2.13. The van der Waals surface area contributed by atoms with E-state index in [1.807, 2.05) is 0 Å². The fourth-order valence-corrected chi connectivity index (χ4v) is 3.14. The second kappa shape index (κ2) is 19.6. The van der Waals surface area contributed by atoms with Gasteiger partial charge in [-0.2, -0.15) is 0 Å². The van der Waals surface area contributed by atoms with Gasteiger partial charge in [0.05, 0.1) is 35.3 Å². The van der Waals surface area contributed by atoms with E-state index in [-0.39, 0.29) is 25.5 Å². The zero-order valence-corrected chi connectivity index (χ0v) is 17.3. The van der Waals surface area contributed by atoms with Crippen molar-refractivity contribution in [1.82, 2.24) is 0 Å². The Labute approximate surface area is 169 Å². The van der Waals surface area contributed by atoms with Crippen LogP contribution in [0, 0.1) is 0 Å². The minimum Gasteiger partial charge on any atom is -1.00 e. The molecule has 0 saturated heterocycles. The van der Waals surface area contributed by atoms with E-state index in [1.54, 1.807) is 0 Å². The Morgan fingerprint density at radius 2 is 0.792 bits per heavy atom. The van der Waals surface area contributed by atoms with Crippen LogP contribution in [-0.2, 0) is 0 Å². The van der Waals surface area contributed by atoms with Gasteiger partial charge in [0.1, 0.15) is 0 Å². The minimum atomic E-state index is -2.49. The molecule has 0 aromatic rings. The lowest BCUT2D eigenvalue weighted by Crippen LogP contribution is -3.00. The van der Waals surface area contributed by atoms with Gasteiger partial charge in [-0.05, 0) is 25.7 Å². The van der Waals surface area contributed by atoms with Gasteiger partial charge in [-0.1, -0.05) is 90.9 Å². The Hall–Kier alpha value is 0.250. The van der Waals surface area contributed by atoms with Crippen molar-refractivity contribution in [3.63, 3.8) is 0 Å². The Kier molecular flexibility index (Phi) is 13.4. The van der Waals surface area contributed by atoms with Crippen LogP contribution in [-0.4, -0.2) is 31.5 Å². The van der Waals surface area contributed by atoms with Gasteiger partial charge in [0.15, 0.2) is 0 Å². The Morgan fingerprint density at radius 3 is 1.08 bits per heavy atom. The largest absolute Gasteiger partial charge is 1.00 e. The molecule has 0 spiro atoms. The summed E-state index contributed by atoms with van der Waals surface area (Å²) in [6.45, 7) is -0.112. The molecule has 0 saturated carbocycles. The second-order valence-electron chi connectivity index (χ2n) is 7.36. The van der Waals surface area contributed by atoms with Crippen LogP contribution in [0.5, 0.6) is 0 Å². The van der Waals surface area contributed by atoms with Crippen LogP contribution >= 0.6 is 0 Å². The Morgan fingerprint density at radius 1 is 0.500 bits per heavy atom. The highest BCUT2D eigenvalue weighted by Crippen LogP contribution is 2.13. The third-order valence-corrected chi connectivity index (χ3v) is 4.79. The van der Waals surface area contributed by atoms with Gasteiger partial charge in [0.2, 0.25) is 0 Å². The molecular weight excluding hydrogens is 314 g/mol. The van der Waals surface area contributed by atoms with E-state index in [9.17, 15) is 0 Å². The van der Waals surface area contributed by atoms with Gasteiger partial charge in [-0.25, -0.2) is 0 Å². The number of hydrogen-bond acceptors (Lipinski definition) is 0. The predicted molar refractivity (Wildman–Crippen MR) is 107 cm³/mol. The van der Waals surface area contributed by atoms with Gasteiger partial charge in [-0.15, -0.1) is 0 Å². The molecule has 0 unspecified atom stereocenters. The average molecular weight is 368 g/mol. The van der Waals surface area contributed by atoms with Crippen LogP contribution in [0.25, 0.3) is 0 Å². The third kappa shape index (κ3) is 20.3. The molecular formula is C22H48ClN. The first-order chi connectivity index (χ1) is 13.6. The number of unbranched alkanes of at least 4 members (excludes halogenated alkanes) is 14. The monoisotopic (exact) mass is 367 g/mol. The zero-order chi connectivity index (χ0) is 22.2. The molecule has 0 N–H and O–H groups in total. The first-order valence-corrected chi connectivity index (χ1v) is 10.5. The summed E-state index contributed by atoms with van der Waals surface area (Å²) in [5.41, 5.74) is 0. The van der Waals surface area contributed by atoms with Crippen molar-refractivity contribution in [2.24, 2.45) is 0 Å². The van der Waals surface area contributed by atoms with Gasteiger partial charge < -0.3 is 16.9 Å². The first-order valence-electron chi connectivity index (χ1n) is 13.5. The molecule has 0 aliphatic carbocycles. The average Bonchev–Trinajstić information content (AvgIpc) is 2.62. The van der Waals surface area contributed by atoms with Crippen LogP contribution in [0.3, 0.4) is 0 Å². The molecule has 0 aliphatic heterocycles. The summed E-state index contributed by atoms with van der Waals surface area (Å²) in [6, 6.07) is 0. The fraction of sp³-hybridized carbons (Fsp3) is 1.00. The standard InChI is InChI=1S/C22H48N.ClH/c1-5-7-9-11-13-15-17-19-21-23(3,4)22-20-18-16-14-12-10-8-6-2;/h5-22H2,1-4H3;1H/q+1;/p-1/i3D3,4D3;. The molecule has 0 aromatic carbocycles. The lowest BCUT2D eigenvalue weighted by Gasteiger charge is -2.30. The van der Waals surface area contributed by atoms with E-state index < -0.39 is 18.4 Å². The van der Waals surface area contributed by atoms with Crippen molar-refractivity contribution in [1.29, 1.82) is 0 Å². The van der Waals surface area contributed by atoms with Crippen molar-refractivity contribution in [2.45, 2.75) is 117 Å². The van der Waals surface area contributed by atoms with Gasteiger partial charge in [-0.3, -0.25) is 0 Å². The number of rotatable bonds is 18. The summed E-state index contributed by atoms with van der Waals surface area (Å²) < 4.78 is 47.4. The maximum Gasteiger partial charge on any atom is 0.0886 e. The molecule has 1 nitrogen and oxygen atoms in total. The van der Waals surface area contributed by atoms with Crippen molar-refractivity contribution in [3.05, 3.63) is 0 Å². The van der Waals surface area contributed by atoms with E-state index in [1.165, 1.54) is 64.2 Å². The molecule has 0 aromatic heterocycles. The predicted octanol–water partition coefficient (Wildman–Crippen LogP) is 4.35. The summed E-state index contributed by atoms with van der Waals surface area (Å²) in [5.74, 6) is 0. The van der Waals surface area contributed by atoms with E-state index >= 15 is 0 Å². The van der Waals surface area contributed by atoms with Crippen LogP contribution in [0.4, 0.5) is 0 Å². The van der Waals surface area contributed by atoms with Crippen molar-refractivity contribution in [3.8, 4) is 0 Å². The van der Waals surface area contributed by atoms with E-state index in [2.05, 4.69) is 13.8 Å². The highest BCUT2D eigenvalue weighted by atomic mass is 35.5. The molecule has 2 heteroatoms. The SMILES string of the molecule is [2H]C([2H])([2H])[N+](CCCCCCCCCC)(CCCCCCCCCC)C([2H])([2H])[2H].[Cl-].